The standard InChI is InChI=1S/C13H21N3O2/c1-3-11-9(6-7-18-11)8-15-12-5-4-10(14)13(16-12)17-2/h4-5,9,11H,3,6-8,14H2,1-2H3,(H,15,16). The molecule has 0 amide bonds. The molecule has 5 heteroatoms. The van der Waals surface area contributed by atoms with E-state index in [1.807, 2.05) is 6.07 Å². The number of nitrogens with zero attached hydrogens (tertiary/aromatic N) is 1. The van der Waals surface area contributed by atoms with Crippen molar-refractivity contribution in [3.63, 3.8) is 0 Å². The molecule has 0 aromatic carbocycles. The zero-order valence-corrected chi connectivity index (χ0v) is 11.0. The Morgan fingerprint density at radius 1 is 1.56 bits per heavy atom. The van der Waals surface area contributed by atoms with Gasteiger partial charge in [0.05, 0.1) is 18.9 Å². The molecule has 2 unspecified atom stereocenters. The Labute approximate surface area is 108 Å². The van der Waals surface area contributed by atoms with Crippen molar-refractivity contribution in [1.82, 2.24) is 4.98 Å². The number of methoxy groups -OCH3 is 1. The maximum Gasteiger partial charge on any atom is 0.238 e. The number of nitrogens with two attached hydrogens (primary N) is 1. The molecular weight excluding hydrogens is 230 g/mol. The Hall–Kier alpha value is -1.49. The zero-order chi connectivity index (χ0) is 13.0. The van der Waals surface area contributed by atoms with E-state index in [1.54, 1.807) is 13.2 Å². The molecule has 18 heavy (non-hydrogen) atoms. The van der Waals surface area contributed by atoms with Crippen LogP contribution in [0.5, 0.6) is 5.88 Å². The molecule has 2 heterocycles. The van der Waals surface area contributed by atoms with Gasteiger partial charge in [-0.05, 0) is 25.0 Å². The number of ether oxygens (including phenoxy) is 2. The fourth-order valence-electron chi connectivity index (χ4n) is 2.33. The minimum Gasteiger partial charge on any atom is -0.479 e. The molecule has 0 aliphatic carbocycles. The van der Waals surface area contributed by atoms with Crippen LogP contribution in [0.25, 0.3) is 0 Å². The molecule has 5 nitrogen and oxygen atoms in total. The molecule has 0 bridgehead atoms. The second-order valence-corrected chi connectivity index (χ2v) is 4.54. The van der Waals surface area contributed by atoms with Gasteiger partial charge in [0, 0.05) is 19.1 Å². The number of aromatic nitrogens is 1. The van der Waals surface area contributed by atoms with Gasteiger partial charge in [-0.2, -0.15) is 4.98 Å². The van der Waals surface area contributed by atoms with E-state index in [-0.39, 0.29) is 0 Å². The maximum atomic E-state index is 5.73. The predicted octanol–water partition coefficient (Wildman–Crippen LogP) is 1.90. The normalized spacial score (nSPS) is 23.0. The molecule has 0 spiro atoms. The maximum absolute atomic E-state index is 5.73. The fraction of sp³-hybridized carbons (Fsp3) is 0.615. The van der Waals surface area contributed by atoms with Gasteiger partial charge in [0.1, 0.15) is 5.82 Å². The average Bonchev–Trinajstić information content (AvgIpc) is 2.85. The minimum atomic E-state index is 0.369. The number of nitrogen functional groups attached to an aromatic ring is 1. The topological polar surface area (TPSA) is 69.4 Å². The van der Waals surface area contributed by atoms with Gasteiger partial charge >= 0.3 is 0 Å². The molecule has 0 saturated carbocycles. The second kappa shape index (κ2) is 5.91. The number of nitrogens with one attached hydrogen (secondary N) is 1. The van der Waals surface area contributed by atoms with Gasteiger partial charge in [0.25, 0.3) is 0 Å². The highest BCUT2D eigenvalue weighted by Gasteiger charge is 2.26. The van der Waals surface area contributed by atoms with Gasteiger partial charge in [-0.25, -0.2) is 0 Å². The highest BCUT2D eigenvalue weighted by atomic mass is 16.5. The van der Waals surface area contributed by atoms with E-state index in [9.17, 15) is 0 Å². The number of rotatable bonds is 5. The molecule has 1 aromatic rings. The largest absolute Gasteiger partial charge is 0.479 e. The summed E-state index contributed by atoms with van der Waals surface area (Å²) in [5.41, 5.74) is 6.28. The predicted molar refractivity (Wildman–Crippen MR) is 71.8 cm³/mol. The van der Waals surface area contributed by atoms with E-state index in [0.29, 0.717) is 23.6 Å². The van der Waals surface area contributed by atoms with Crippen molar-refractivity contribution in [3.8, 4) is 5.88 Å². The van der Waals surface area contributed by atoms with Gasteiger partial charge < -0.3 is 20.5 Å². The Morgan fingerprint density at radius 2 is 2.39 bits per heavy atom. The van der Waals surface area contributed by atoms with Crippen LogP contribution in [0.3, 0.4) is 0 Å². The summed E-state index contributed by atoms with van der Waals surface area (Å²) in [6.07, 6.45) is 2.54. The average molecular weight is 251 g/mol. The Balaban J connectivity index is 1.93. The number of pyridine rings is 1. The molecule has 100 valence electrons. The van der Waals surface area contributed by atoms with Crippen LogP contribution in [-0.4, -0.2) is 31.3 Å². The van der Waals surface area contributed by atoms with Gasteiger partial charge in [-0.15, -0.1) is 0 Å². The van der Waals surface area contributed by atoms with Gasteiger partial charge in [0.15, 0.2) is 0 Å². The Bertz CT molecular complexity index is 398. The lowest BCUT2D eigenvalue weighted by Crippen LogP contribution is -2.23. The number of anilines is 2. The van der Waals surface area contributed by atoms with Crippen molar-refractivity contribution in [2.24, 2.45) is 5.92 Å². The van der Waals surface area contributed by atoms with Gasteiger partial charge in [-0.1, -0.05) is 6.92 Å². The smallest absolute Gasteiger partial charge is 0.238 e. The molecule has 2 rings (SSSR count). The highest BCUT2D eigenvalue weighted by Crippen LogP contribution is 2.25. The third-order valence-electron chi connectivity index (χ3n) is 3.38. The summed E-state index contributed by atoms with van der Waals surface area (Å²) in [6.45, 7) is 3.90. The molecule has 2 atom stereocenters. The van der Waals surface area contributed by atoms with E-state index in [0.717, 1.165) is 31.8 Å². The molecule has 1 aliphatic heterocycles. The Morgan fingerprint density at radius 3 is 3.11 bits per heavy atom. The first-order chi connectivity index (χ1) is 8.74. The zero-order valence-electron chi connectivity index (χ0n) is 11.0. The third kappa shape index (κ3) is 2.85. The summed E-state index contributed by atoms with van der Waals surface area (Å²) in [5.74, 6) is 1.82. The molecule has 3 N–H and O–H groups in total. The van der Waals surface area contributed by atoms with Crippen LogP contribution < -0.4 is 15.8 Å². The SMILES string of the molecule is CCC1OCCC1CNc1ccc(N)c(OC)n1. The first-order valence-electron chi connectivity index (χ1n) is 6.40. The summed E-state index contributed by atoms with van der Waals surface area (Å²) in [6, 6.07) is 3.67. The van der Waals surface area contributed by atoms with Crippen molar-refractivity contribution < 1.29 is 9.47 Å². The quantitative estimate of drug-likeness (QED) is 0.836. The van der Waals surface area contributed by atoms with Crippen LogP contribution in [0.1, 0.15) is 19.8 Å². The third-order valence-corrected chi connectivity index (χ3v) is 3.38. The van der Waals surface area contributed by atoms with Crippen LogP contribution in [-0.2, 0) is 4.74 Å². The van der Waals surface area contributed by atoms with Crippen LogP contribution in [0.15, 0.2) is 12.1 Å². The van der Waals surface area contributed by atoms with E-state index in [4.69, 9.17) is 15.2 Å². The monoisotopic (exact) mass is 251 g/mol. The van der Waals surface area contributed by atoms with Crippen LogP contribution in [0, 0.1) is 5.92 Å². The lowest BCUT2D eigenvalue weighted by Gasteiger charge is -2.17. The van der Waals surface area contributed by atoms with Crippen LogP contribution in [0.4, 0.5) is 11.5 Å². The van der Waals surface area contributed by atoms with Crippen molar-refractivity contribution in [3.05, 3.63) is 12.1 Å². The van der Waals surface area contributed by atoms with Crippen molar-refractivity contribution in [2.45, 2.75) is 25.9 Å². The number of hydrogen-bond donors (Lipinski definition) is 2. The van der Waals surface area contributed by atoms with Crippen molar-refractivity contribution in [2.75, 3.05) is 31.3 Å². The lowest BCUT2D eigenvalue weighted by molar-refractivity contribution is 0.0900. The first-order valence-corrected chi connectivity index (χ1v) is 6.40. The second-order valence-electron chi connectivity index (χ2n) is 4.54. The van der Waals surface area contributed by atoms with Gasteiger partial charge in [-0.3, -0.25) is 0 Å². The van der Waals surface area contributed by atoms with E-state index < -0.39 is 0 Å². The summed E-state index contributed by atoms with van der Waals surface area (Å²) in [7, 11) is 1.57. The highest BCUT2D eigenvalue weighted by molar-refractivity contribution is 5.53. The summed E-state index contributed by atoms with van der Waals surface area (Å²) < 4.78 is 10.8. The van der Waals surface area contributed by atoms with E-state index in [2.05, 4.69) is 17.2 Å². The number of hydrogen-bond acceptors (Lipinski definition) is 5. The molecule has 1 aliphatic rings. The summed E-state index contributed by atoms with van der Waals surface area (Å²) in [5, 5.41) is 3.33. The lowest BCUT2D eigenvalue weighted by atomic mass is 10.00. The van der Waals surface area contributed by atoms with Crippen molar-refractivity contribution in [1.29, 1.82) is 0 Å². The first kappa shape index (κ1) is 13.0. The van der Waals surface area contributed by atoms with Gasteiger partial charge in [0.2, 0.25) is 5.88 Å². The van der Waals surface area contributed by atoms with Crippen molar-refractivity contribution >= 4 is 11.5 Å². The summed E-state index contributed by atoms with van der Waals surface area (Å²) >= 11 is 0. The van der Waals surface area contributed by atoms with Crippen LogP contribution in [0.2, 0.25) is 0 Å². The van der Waals surface area contributed by atoms with Crippen LogP contribution >= 0.6 is 0 Å². The van der Waals surface area contributed by atoms with E-state index in [1.165, 1.54) is 0 Å². The fourth-order valence-corrected chi connectivity index (χ4v) is 2.33. The minimum absolute atomic E-state index is 0.369. The molecule has 0 radical (unpaired) electrons. The molecule has 1 aromatic heterocycles. The van der Waals surface area contributed by atoms with E-state index >= 15 is 0 Å². The Kier molecular flexibility index (Phi) is 4.25. The molecule has 1 saturated heterocycles. The molecule has 1 fully saturated rings. The summed E-state index contributed by atoms with van der Waals surface area (Å²) in [4.78, 5) is 4.30. The molecular formula is C13H21N3O2.